The molecule has 110 valence electrons. The standard InChI is InChI=1S/C15H26O4/c1-10-5-4-8-15(3)17-14-13(18-19-15)12(7-6-10)11(2)9-16-14/h10-14H,4-9H2,1-3H3/t10-,11?,12?,13-,14+,15-/m0/s1. The summed E-state index contributed by atoms with van der Waals surface area (Å²) in [7, 11) is 0. The topological polar surface area (TPSA) is 36.9 Å². The predicted molar refractivity (Wildman–Crippen MR) is 70.1 cm³/mol. The molecule has 0 aromatic carbocycles. The molecule has 4 heterocycles. The predicted octanol–water partition coefficient (Wildman–Crippen LogP) is 3.26. The van der Waals surface area contributed by atoms with E-state index in [0.717, 1.165) is 25.4 Å². The molecule has 4 aliphatic rings. The lowest BCUT2D eigenvalue weighted by molar-refractivity contribution is -0.536. The molecule has 4 rings (SSSR count). The molecule has 4 fully saturated rings. The highest BCUT2D eigenvalue weighted by molar-refractivity contribution is 4.86. The van der Waals surface area contributed by atoms with Gasteiger partial charge >= 0.3 is 0 Å². The Morgan fingerprint density at radius 2 is 1.95 bits per heavy atom. The van der Waals surface area contributed by atoms with Gasteiger partial charge in [-0.15, -0.1) is 0 Å². The first-order chi connectivity index (χ1) is 9.07. The van der Waals surface area contributed by atoms with E-state index in [0.29, 0.717) is 11.8 Å². The van der Waals surface area contributed by atoms with E-state index in [1.165, 1.54) is 19.3 Å². The van der Waals surface area contributed by atoms with Gasteiger partial charge in [-0.3, -0.25) is 0 Å². The Morgan fingerprint density at radius 1 is 1.11 bits per heavy atom. The summed E-state index contributed by atoms with van der Waals surface area (Å²) in [4.78, 5) is 11.3. The first-order valence-electron chi connectivity index (χ1n) is 7.71. The Balaban J connectivity index is 1.81. The summed E-state index contributed by atoms with van der Waals surface area (Å²) in [5.74, 6) is 1.11. The highest BCUT2D eigenvalue weighted by Gasteiger charge is 2.49. The van der Waals surface area contributed by atoms with Crippen LogP contribution in [0.2, 0.25) is 0 Å². The molecule has 0 amide bonds. The smallest absolute Gasteiger partial charge is 0.201 e. The van der Waals surface area contributed by atoms with Crippen molar-refractivity contribution in [3.63, 3.8) is 0 Å². The van der Waals surface area contributed by atoms with Crippen LogP contribution in [0.1, 0.15) is 52.9 Å². The molecule has 4 heteroatoms. The molecule has 0 spiro atoms. The van der Waals surface area contributed by atoms with Crippen molar-refractivity contribution in [3.05, 3.63) is 0 Å². The SMILES string of the molecule is CC1CO[C@@H]2O[C@]3(C)CCC[C@H](C)CCC1[C@@H]2OO3. The van der Waals surface area contributed by atoms with E-state index in [-0.39, 0.29) is 12.4 Å². The Morgan fingerprint density at radius 3 is 2.79 bits per heavy atom. The summed E-state index contributed by atoms with van der Waals surface area (Å²) < 4.78 is 11.9. The molecular weight excluding hydrogens is 244 g/mol. The first kappa shape index (κ1) is 13.8. The molecule has 0 aromatic rings. The minimum absolute atomic E-state index is 0.0675. The maximum absolute atomic E-state index is 6.05. The van der Waals surface area contributed by atoms with E-state index in [1.54, 1.807) is 0 Å². The summed E-state index contributed by atoms with van der Waals surface area (Å²) in [6.45, 7) is 7.32. The fourth-order valence-electron chi connectivity index (χ4n) is 3.57. The second-order valence-electron chi connectivity index (χ2n) is 6.81. The van der Waals surface area contributed by atoms with Crippen LogP contribution in [0.25, 0.3) is 0 Å². The summed E-state index contributed by atoms with van der Waals surface area (Å²) >= 11 is 0. The molecule has 19 heavy (non-hydrogen) atoms. The van der Waals surface area contributed by atoms with Gasteiger partial charge in [0, 0.05) is 6.42 Å². The molecule has 4 saturated heterocycles. The van der Waals surface area contributed by atoms with Crippen molar-refractivity contribution < 1.29 is 19.2 Å². The zero-order chi connectivity index (χ0) is 13.5. The van der Waals surface area contributed by atoms with Gasteiger partial charge in [0.1, 0.15) is 6.10 Å². The van der Waals surface area contributed by atoms with Crippen molar-refractivity contribution in [1.29, 1.82) is 0 Å². The van der Waals surface area contributed by atoms with Crippen molar-refractivity contribution in [1.82, 2.24) is 0 Å². The fourth-order valence-corrected chi connectivity index (χ4v) is 3.57. The summed E-state index contributed by atoms with van der Waals surface area (Å²) in [6.07, 6.45) is 5.33. The summed E-state index contributed by atoms with van der Waals surface area (Å²) in [6, 6.07) is 0. The molecule has 4 aliphatic heterocycles. The van der Waals surface area contributed by atoms with Crippen LogP contribution in [0.4, 0.5) is 0 Å². The molecule has 0 radical (unpaired) electrons. The van der Waals surface area contributed by atoms with Gasteiger partial charge in [0.2, 0.25) is 5.79 Å². The van der Waals surface area contributed by atoms with Crippen LogP contribution in [0.5, 0.6) is 0 Å². The van der Waals surface area contributed by atoms with Gasteiger partial charge in [-0.2, -0.15) is 0 Å². The number of ether oxygens (including phenoxy) is 2. The number of fused-ring (bicyclic) bond motifs is 6. The van der Waals surface area contributed by atoms with Gasteiger partial charge in [-0.05, 0) is 37.5 Å². The summed E-state index contributed by atoms with van der Waals surface area (Å²) in [5, 5.41) is 0. The Kier molecular flexibility index (Phi) is 3.87. The average Bonchev–Trinajstić information content (AvgIpc) is 2.40. The number of rotatable bonds is 0. The highest BCUT2D eigenvalue weighted by atomic mass is 17.2. The normalized spacial score (nSPS) is 51.6. The van der Waals surface area contributed by atoms with Crippen molar-refractivity contribution in [2.75, 3.05) is 6.61 Å². The van der Waals surface area contributed by atoms with E-state index in [9.17, 15) is 0 Å². The van der Waals surface area contributed by atoms with Crippen LogP contribution in [-0.2, 0) is 19.2 Å². The molecule has 6 atom stereocenters. The van der Waals surface area contributed by atoms with Gasteiger partial charge in [-0.1, -0.05) is 26.7 Å². The first-order valence-corrected chi connectivity index (χ1v) is 7.71. The van der Waals surface area contributed by atoms with E-state index in [4.69, 9.17) is 19.2 Å². The molecular formula is C15H26O4. The average molecular weight is 270 g/mol. The fraction of sp³-hybridized carbons (Fsp3) is 1.00. The second-order valence-corrected chi connectivity index (χ2v) is 6.81. The Bertz CT molecular complexity index is 319. The molecule has 2 unspecified atom stereocenters. The van der Waals surface area contributed by atoms with Crippen LogP contribution < -0.4 is 0 Å². The van der Waals surface area contributed by atoms with E-state index in [2.05, 4.69) is 13.8 Å². The zero-order valence-corrected chi connectivity index (χ0v) is 12.3. The largest absolute Gasteiger partial charge is 0.349 e. The van der Waals surface area contributed by atoms with E-state index in [1.807, 2.05) is 6.92 Å². The lowest BCUT2D eigenvalue weighted by atomic mass is 9.81. The van der Waals surface area contributed by atoms with Crippen molar-refractivity contribution >= 4 is 0 Å². The number of hydrogen-bond donors (Lipinski definition) is 0. The Labute approximate surface area is 115 Å². The zero-order valence-electron chi connectivity index (χ0n) is 12.3. The van der Waals surface area contributed by atoms with Gasteiger partial charge in [0.15, 0.2) is 6.29 Å². The molecule has 0 aliphatic carbocycles. The van der Waals surface area contributed by atoms with Gasteiger partial charge in [0.05, 0.1) is 6.61 Å². The summed E-state index contributed by atoms with van der Waals surface area (Å²) in [5.41, 5.74) is 0. The van der Waals surface area contributed by atoms with Crippen LogP contribution in [0.3, 0.4) is 0 Å². The van der Waals surface area contributed by atoms with Crippen molar-refractivity contribution in [2.45, 2.75) is 71.1 Å². The van der Waals surface area contributed by atoms with Crippen LogP contribution in [-0.4, -0.2) is 24.8 Å². The maximum Gasteiger partial charge on any atom is 0.201 e. The van der Waals surface area contributed by atoms with Crippen molar-refractivity contribution in [2.24, 2.45) is 17.8 Å². The van der Waals surface area contributed by atoms with Crippen LogP contribution in [0, 0.1) is 17.8 Å². The molecule has 4 nitrogen and oxygen atoms in total. The number of hydrogen-bond acceptors (Lipinski definition) is 4. The maximum atomic E-state index is 6.05. The minimum atomic E-state index is -0.643. The monoisotopic (exact) mass is 270 g/mol. The molecule has 0 saturated carbocycles. The Hall–Kier alpha value is -0.160. The van der Waals surface area contributed by atoms with Gasteiger partial charge in [0.25, 0.3) is 0 Å². The molecule has 0 aromatic heterocycles. The minimum Gasteiger partial charge on any atom is -0.349 e. The third kappa shape index (κ3) is 2.82. The van der Waals surface area contributed by atoms with E-state index < -0.39 is 5.79 Å². The van der Waals surface area contributed by atoms with Crippen LogP contribution >= 0.6 is 0 Å². The quantitative estimate of drug-likeness (QED) is 0.633. The van der Waals surface area contributed by atoms with Gasteiger partial charge in [-0.25, -0.2) is 9.78 Å². The third-order valence-corrected chi connectivity index (χ3v) is 4.97. The molecule has 0 N–H and O–H groups in total. The van der Waals surface area contributed by atoms with Crippen LogP contribution in [0.15, 0.2) is 0 Å². The van der Waals surface area contributed by atoms with Gasteiger partial charge < -0.3 is 9.47 Å². The lowest BCUT2D eigenvalue weighted by Gasteiger charge is -2.47. The molecule has 4 bridgehead atoms. The second kappa shape index (κ2) is 5.32. The van der Waals surface area contributed by atoms with Crippen molar-refractivity contribution in [3.8, 4) is 0 Å². The highest BCUT2D eigenvalue weighted by Crippen LogP contribution is 2.41. The van der Waals surface area contributed by atoms with E-state index >= 15 is 0 Å². The third-order valence-electron chi connectivity index (χ3n) is 4.97. The lowest BCUT2D eigenvalue weighted by Crippen LogP contribution is -2.56.